The Bertz CT molecular complexity index is 726. The lowest BCUT2D eigenvalue weighted by molar-refractivity contribution is -0.153. The third-order valence-electron chi connectivity index (χ3n) is 3.41. The molecular weight excluding hydrogens is 340 g/mol. The number of aryl methyl sites for hydroxylation is 1. The van der Waals surface area contributed by atoms with Gasteiger partial charge in [0, 0.05) is 12.5 Å². The second-order valence-corrected chi connectivity index (χ2v) is 5.58. The zero-order chi connectivity index (χ0) is 18.9. The highest BCUT2D eigenvalue weighted by Crippen LogP contribution is 2.17. The summed E-state index contributed by atoms with van der Waals surface area (Å²) in [5.41, 5.74) is 0.641. The van der Waals surface area contributed by atoms with Gasteiger partial charge in [0.25, 0.3) is 5.91 Å². The van der Waals surface area contributed by atoms with E-state index in [1.54, 1.807) is 44.4 Å². The maximum Gasteiger partial charge on any atom is 0.306 e. The van der Waals surface area contributed by atoms with Gasteiger partial charge in [-0.05, 0) is 44.5 Å². The average Bonchev–Trinajstić information content (AvgIpc) is 3.04. The van der Waals surface area contributed by atoms with E-state index in [2.05, 4.69) is 10.5 Å². The molecule has 1 amide bonds. The smallest absolute Gasteiger partial charge is 0.306 e. The predicted octanol–water partition coefficient (Wildman–Crippen LogP) is 2.72. The molecule has 1 unspecified atom stereocenters. The van der Waals surface area contributed by atoms with Crippen molar-refractivity contribution in [1.29, 1.82) is 0 Å². The summed E-state index contributed by atoms with van der Waals surface area (Å²) in [4.78, 5) is 23.7. The van der Waals surface area contributed by atoms with E-state index < -0.39 is 18.0 Å². The van der Waals surface area contributed by atoms with Gasteiger partial charge >= 0.3 is 5.97 Å². The minimum Gasteiger partial charge on any atom is -0.497 e. The number of ether oxygens (including phenoxy) is 3. The zero-order valence-corrected chi connectivity index (χ0v) is 15.0. The summed E-state index contributed by atoms with van der Waals surface area (Å²) in [6.07, 6.45) is -0.314. The Morgan fingerprint density at radius 2 is 1.92 bits per heavy atom. The van der Waals surface area contributed by atoms with Crippen molar-refractivity contribution < 1.29 is 28.3 Å². The molecule has 1 atom stereocenters. The van der Waals surface area contributed by atoms with Gasteiger partial charge in [-0.15, -0.1) is 0 Å². The summed E-state index contributed by atoms with van der Waals surface area (Å²) in [5, 5.41) is 6.14. The summed E-state index contributed by atoms with van der Waals surface area (Å²) in [7, 11) is 1.59. The molecule has 1 heterocycles. The monoisotopic (exact) mass is 362 g/mol. The lowest BCUT2D eigenvalue weighted by atomic mass is 10.3. The highest BCUT2D eigenvalue weighted by atomic mass is 16.5. The van der Waals surface area contributed by atoms with Crippen LogP contribution in [0.4, 0.5) is 5.88 Å². The van der Waals surface area contributed by atoms with Gasteiger partial charge in [0.15, 0.2) is 6.10 Å². The molecule has 0 aliphatic heterocycles. The molecule has 0 aliphatic rings. The quantitative estimate of drug-likeness (QED) is 0.541. The van der Waals surface area contributed by atoms with Crippen molar-refractivity contribution in [3.63, 3.8) is 0 Å². The van der Waals surface area contributed by atoms with Crippen LogP contribution in [0.15, 0.2) is 34.9 Å². The molecule has 0 aliphatic carbocycles. The van der Waals surface area contributed by atoms with Crippen molar-refractivity contribution in [3.05, 3.63) is 36.0 Å². The minimum absolute atomic E-state index is 0.148. The molecule has 0 fully saturated rings. The van der Waals surface area contributed by atoms with Crippen LogP contribution in [0.5, 0.6) is 11.5 Å². The van der Waals surface area contributed by atoms with Gasteiger partial charge in [0.05, 0.1) is 19.4 Å². The average molecular weight is 362 g/mol. The lowest BCUT2D eigenvalue weighted by Crippen LogP contribution is -2.29. The van der Waals surface area contributed by atoms with Gasteiger partial charge in [0.2, 0.25) is 5.88 Å². The Balaban J connectivity index is 1.64. The molecule has 1 aromatic heterocycles. The Hall–Kier alpha value is -3.03. The Kier molecular flexibility index (Phi) is 7.02. The van der Waals surface area contributed by atoms with Crippen molar-refractivity contribution in [3.8, 4) is 11.5 Å². The molecule has 0 saturated heterocycles. The number of carbonyl (C=O) groups excluding carboxylic acids is 2. The number of nitrogens with one attached hydrogen (secondary N) is 1. The second kappa shape index (κ2) is 9.45. The number of hydrogen-bond donors (Lipinski definition) is 1. The zero-order valence-electron chi connectivity index (χ0n) is 15.0. The first-order chi connectivity index (χ1) is 12.5. The van der Waals surface area contributed by atoms with Gasteiger partial charge < -0.3 is 18.7 Å². The van der Waals surface area contributed by atoms with Crippen LogP contribution in [0.1, 0.15) is 25.5 Å². The first-order valence-corrected chi connectivity index (χ1v) is 8.18. The normalized spacial score (nSPS) is 11.5. The summed E-state index contributed by atoms with van der Waals surface area (Å²) < 4.78 is 20.6. The fraction of sp³-hybridized carbons (Fsp3) is 0.389. The summed E-state index contributed by atoms with van der Waals surface area (Å²) >= 11 is 0. The number of anilines is 1. The molecule has 26 heavy (non-hydrogen) atoms. The largest absolute Gasteiger partial charge is 0.497 e. The SMILES string of the molecule is COc1ccc(OCCCC(=O)OC(C)C(=O)Nc2cc(C)no2)cc1. The molecule has 0 saturated carbocycles. The van der Waals surface area contributed by atoms with Crippen LogP contribution >= 0.6 is 0 Å². The molecular formula is C18H22N2O6. The molecule has 2 aromatic rings. The highest BCUT2D eigenvalue weighted by molar-refractivity contribution is 5.93. The molecule has 0 radical (unpaired) electrons. The summed E-state index contributed by atoms with van der Waals surface area (Å²) in [6.45, 7) is 3.58. The Morgan fingerprint density at radius 1 is 1.23 bits per heavy atom. The van der Waals surface area contributed by atoms with Crippen molar-refractivity contribution in [2.75, 3.05) is 19.0 Å². The van der Waals surface area contributed by atoms with Gasteiger partial charge in [-0.1, -0.05) is 5.16 Å². The van der Waals surface area contributed by atoms with E-state index in [-0.39, 0.29) is 12.3 Å². The van der Waals surface area contributed by atoms with Crippen LogP contribution < -0.4 is 14.8 Å². The summed E-state index contributed by atoms with van der Waals surface area (Å²) in [6, 6.07) is 8.73. The fourth-order valence-corrected chi connectivity index (χ4v) is 2.03. The number of amides is 1. The van der Waals surface area contributed by atoms with Crippen LogP contribution in [-0.2, 0) is 14.3 Å². The first kappa shape index (κ1) is 19.3. The van der Waals surface area contributed by atoms with Crippen LogP contribution in [0.3, 0.4) is 0 Å². The van der Waals surface area contributed by atoms with E-state index in [9.17, 15) is 9.59 Å². The number of esters is 1. The van der Waals surface area contributed by atoms with Crippen LogP contribution in [0.2, 0.25) is 0 Å². The van der Waals surface area contributed by atoms with Gasteiger partial charge in [-0.3, -0.25) is 14.9 Å². The molecule has 1 N–H and O–H groups in total. The van der Waals surface area contributed by atoms with Crippen LogP contribution in [0, 0.1) is 6.92 Å². The topological polar surface area (TPSA) is 99.9 Å². The van der Waals surface area contributed by atoms with E-state index in [1.807, 2.05) is 0 Å². The first-order valence-electron chi connectivity index (χ1n) is 8.18. The minimum atomic E-state index is -0.935. The van der Waals surface area contributed by atoms with Crippen LogP contribution in [-0.4, -0.2) is 36.9 Å². The predicted molar refractivity (Wildman–Crippen MR) is 93.1 cm³/mol. The van der Waals surface area contributed by atoms with Crippen LogP contribution in [0.25, 0.3) is 0 Å². The number of nitrogens with zero attached hydrogens (tertiary/aromatic N) is 1. The molecule has 0 spiro atoms. The van der Waals surface area contributed by atoms with Gasteiger partial charge in [0.1, 0.15) is 11.5 Å². The standard InChI is InChI=1S/C18H22N2O6/c1-12-11-16(26-20-12)19-18(22)13(2)25-17(21)5-4-10-24-15-8-6-14(23-3)7-9-15/h6-9,11,13H,4-5,10H2,1-3H3,(H,19,22). The Morgan fingerprint density at radius 3 is 2.54 bits per heavy atom. The third-order valence-corrected chi connectivity index (χ3v) is 3.41. The van der Waals surface area contributed by atoms with Crippen molar-refractivity contribution in [2.45, 2.75) is 32.8 Å². The maximum absolute atomic E-state index is 11.9. The number of methoxy groups -OCH3 is 1. The van der Waals surface area contributed by atoms with Crippen molar-refractivity contribution >= 4 is 17.8 Å². The van der Waals surface area contributed by atoms with E-state index in [4.69, 9.17) is 18.7 Å². The molecule has 1 aromatic carbocycles. The molecule has 140 valence electrons. The fourth-order valence-electron chi connectivity index (χ4n) is 2.03. The molecule has 0 bridgehead atoms. The number of hydrogen-bond acceptors (Lipinski definition) is 7. The number of benzene rings is 1. The number of aromatic nitrogens is 1. The van der Waals surface area contributed by atoms with E-state index in [0.717, 1.165) is 5.75 Å². The van der Waals surface area contributed by atoms with Crippen molar-refractivity contribution in [2.24, 2.45) is 0 Å². The maximum atomic E-state index is 11.9. The summed E-state index contributed by atoms with van der Waals surface area (Å²) in [5.74, 6) is 0.690. The Labute approximate surface area is 151 Å². The van der Waals surface area contributed by atoms with Gasteiger partial charge in [-0.25, -0.2) is 0 Å². The lowest BCUT2D eigenvalue weighted by Gasteiger charge is -2.12. The van der Waals surface area contributed by atoms with E-state index in [0.29, 0.717) is 24.5 Å². The third kappa shape index (κ3) is 6.12. The molecule has 8 heteroatoms. The molecule has 2 rings (SSSR count). The van der Waals surface area contributed by atoms with E-state index >= 15 is 0 Å². The van der Waals surface area contributed by atoms with E-state index in [1.165, 1.54) is 6.92 Å². The van der Waals surface area contributed by atoms with Gasteiger partial charge in [-0.2, -0.15) is 0 Å². The second-order valence-electron chi connectivity index (χ2n) is 5.58. The molecule has 8 nitrogen and oxygen atoms in total. The van der Waals surface area contributed by atoms with Crippen molar-refractivity contribution in [1.82, 2.24) is 5.16 Å². The number of rotatable bonds is 9. The number of carbonyl (C=O) groups is 2. The highest BCUT2D eigenvalue weighted by Gasteiger charge is 2.19.